The van der Waals surface area contributed by atoms with Crippen molar-refractivity contribution < 1.29 is 13.6 Å². The number of aromatic nitrogens is 2. The van der Waals surface area contributed by atoms with E-state index >= 15 is 0 Å². The molecule has 2 aromatic carbocycles. The van der Waals surface area contributed by atoms with Crippen molar-refractivity contribution in [2.45, 2.75) is 25.6 Å². The highest BCUT2D eigenvalue weighted by molar-refractivity contribution is 7.99. The molecule has 0 radical (unpaired) electrons. The first-order valence-corrected chi connectivity index (χ1v) is 9.30. The largest absolute Gasteiger partial charge is 0.414 e. The third kappa shape index (κ3) is 5.30. The zero-order valence-corrected chi connectivity index (χ0v) is 15.8. The van der Waals surface area contributed by atoms with Gasteiger partial charge in [0.2, 0.25) is 11.8 Å². The number of nitrogens with zero attached hydrogens (tertiary/aromatic N) is 2. The summed E-state index contributed by atoms with van der Waals surface area (Å²) in [6, 6.07) is 11.8. The Hall–Kier alpha value is -2.87. The Morgan fingerprint density at radius 1 is 1.15 bits per heavy atom. The summed E-state index contributed by atoms with van der Waals surface area (Å²) in [5.41, 5.74) is 3.71. The van der Waals surface area contributed by atoms with Crippen molar-refractivity contribution in [3.8, 4) is 0 Å². The normalized spacial score (nSPS) is 10.6. The van der Waals surface area contributed by atoms with E-state index in [9.17, 15) is 9.18 Å². The Morgan fingerprint density at radius 3 is 2.70 bits per heavy atom. The minimum Gasteiger partial charge on any atom is -0.414 e. The van der Waals surface area contributed by atoms with Gasteiger partial charge in [0.25, 0.3) is 5.22 Å². The quantitative estimate of drug-likeness (QED) is 0.593. The van der Waals surface area contributed by atoms with E-state index in [0.717, 1.165) is 22.5 Å². The lowest BCUT2D eigenvalue weighted by Crippen LogP contribution is -2.15. The SMILES string of the molecule is Cc1cccc(NC(=O)CSc2nnc(CNc3ccc(F)cc3)o2)c1C. The smallest absolute Gasteiger partial charge is 0.277 e. The van der Waals surface area contributed by atoms with Crippen LogP contribution in [0.1, 0.15) is 17.0 Å². The fourth-order valence-electron chi connectivity index (χ4n) is 2.31. The van der Waals surface area contributed by atoms with Crippen molar-refractivity contribution in [1.82, 2.24) is 10.2 Å². The van der Waals surface area contributed by atoms with Crippen LogP contribution in [0.2, 0.25) is 0 Å². The number of carbonyl (C=O) groups is 1. The van der Waals surface area contributed by atoms with Gasteiger partial charge in [-0.25, -0.2) is 4.39 Å². The average Bonchev–Trinajstić information content (AvgIpc) is 3.11. The summed E-state index contributed by atoms with van der Waals surface area (Å²) in [6.07, 6.45) is 0. The van der Waals surface area contributed by atoms with Crippen LogP contribution in [0, 0.1) is 19.7 Å². The molecule has 3 rings (SSSR count). The van der Waals surface area contributed by atoms with Gasteiger partial charge in [0.15, 0.2) is 0 Å². The summed E-state index contributed by atoms with van der Waals surface area (Å²) >= 11 is 1.17. The molecule has 0 saturated carbocycles. The molecule has 0 atom stereocenters. The number of nitrogens with one attached hydrogen (secondary N) is 2. The molecule has 0 aliphatic heterocycles. The van der Waals surface area contributed by atoms with E-state index < -0.39 is 0 Å². The Bertz CT molecular complexity index is 928. The molecule has 1 amide bonds. The Morgan fingerprint density at radius 2 is 1.93 bits per heavy atom. The van der Waals surface area contributed by atoms with Gasteiger partial charge >= 0.3 is 0 Å². The molecule has 0 unspecified atom stereocenters. The first-order valence-electron chi connectivity index (χ1n) is 8.32. The second kappa shape index (κ2) is 8.68. The fraction of sp³-hybridized carbons (Fsp3) is 0.211. The number of halogens is 1. The summed E-state index contributed by atoms with van der Waals surface area (Å²) in [7, 11) is 0. The molecule has 27 heavy (non-hydrogen) atoms. The van der Waals surface area contributed by atoms with Crippen molar-refractivity contribution in [2.24, 2.45) is 0 Å². The Balaban J connectivity index is 1.48. The van der Waals surface area contributed by atoms with Crippen molar-refractivity contribution in [1.29, 1.82) is 0 Å². The number of hydrogen-bond acceptors (Lipinski definition) is 6. The molecule has 1 aromatic heterocycles. The van der Waals surface area contributed by atoms with Crippen molar-refractivity contribution in [3.05, 3.63) is 65.3 Å². The second-order valence-electron chi connectivity index (χ2n) is 5.91. The topological polar surface area (TPSA) is 80.0 Å². The van der Waals surface area contributed by atoms with Crippen molar-refractivity contribution in [2.75, 3.05) is 16.4 Å². The molecular weight excluding hydrogens is 367 g/mol. The monoisotopic (exact) mass is 386 g/mol. The third-order valence-corrected chi connectivity index (χ3v) is 4.76. The molecule has 0 spiro atoms. The molecule has 6 nitrogen and oxygen atoms in total. The van der Waals surface area contributed by atoms with Gasteiger partial charge in [0.05, 0.1) is 12.3 Å². The van der Waals surface area contributed by atoms with Crippen LogP contribution in [0.4, 0.5) is 15.8 Å². The standard InChI is InChI=1S/C19H19FN4O2S/c1-12-4-3-5-16(13(12)2)22-17(25)11-27-19-24-23-18(26-19)10-21-15-8-6-14(20)7-9-15/h3-9,21H,10-11H2,1-2H3,(H,22,25). The summed E-state index contributed by atoms with van der Waals surface area (Å²) < 4.78 is 18.4. The third-order valence-electron chi connectivity index (χ3n) is 3.94. The predicted molar refractivity (Wildman–Crippen MR) is 103 cm³/mol. The molecular formula is C19H19FN4O2S. The number of rotatable bonds is 7. The van der Waals surface area contributed by atoms with E-state index in [0.29, 0.717) is 17.7 Å². The fourth-order valence-corrected chi connectivity index (χ4v) is 2.89. The van der Waals surface area contributed by atoms with Crippen LogP contribution >= 0.6 is 11.8 Å². The first-order chi connectivity index (χ1) is 13.0. The van der Waals surface area contributed by atoms with E-state index in [1.165, 1.54) is 23.9 Å². The van der Waals surface area contributed by atoms with E-state index in [1.807, 2.05) is 32.0 Å². The molecule has 0 aliphatic carbocycles. The predicted octanol–water partition coefficient (Wildman–Crippen LogP) is 4.17. The molecule has 2 N–H and O–H groups in total. The molecule has 8 heteroatoms. The number of hydrogen-bond donors (Lipinski definition) is 2. The minimum absolute atomic E-state index is 0.141. The Kier molecular flexibility index (Phi) is 6.08. The van der Waals surface area contributed by atoms with Gasteiger partial charge < -0.3 is 15.1 Å². The van der Waals surface area contributed by atoms with Gasteiger partial charge in [-0.2, -0.15) is 0 Å². The van der Waals surface area contributed by atoms with E-state index in [1.54, 1.807) is 12.1 Å². The van der Waals surface area contributed by atoms with Crippen LogP contribution in [0.25, 0.3) is 0 Å². The lowest BCUT2D eigenvalue weighted by atomic mass is 10.1. The highest BCUT2D eigenvalue weighted by Crippen LogP contribution is 2.20. The van der Waals surface area contributed by atoms with E-state index in [2.05, 4.69) is 20.8 Å². The van der Waals surface area contributed by atoms with E-state index in [4.69, 9.17) is 4.42 Å². The van der Waals surface area contributed by atoms with Gasteiger partial charge in [-0.05, 0) is 55.3 Å². The van der Waals surface area contributed by atoms with Crippen molar-refractivity contribution in [3.63, 3.8) is 0 Å². The maximum Gasteiger partial charge on any atom is 0.277 e. The molecule has 0 saturated heterocycles. The van der Waals surface area contributed by atoms with Gasteiger partial charge in [-0.15, -0.1) is 10.2 Å². The zero-order valence-electron chi connectivity index (χ0n) is 15.0. The zero-order chi connectivity index (χ0) is 19.2. The van der Waals surface area contributed by atoms with Crippen LogP contribution < -0.4 is 10.6 Å². The van der Waals surface area contributed by atoms with Crippen LogP contribution in [0.15, 0.2) is 52.1 Å². The molecule has 3 aromatic rings. The number of amides is 1. The molecule has 0 fully saturated rings. The second-order valence-corrected chi connectivity index (χ2v) is 6.83. The maximum absolute atomic E-state index is 12.9. The lowest BCUT2D eigenvalue weighted by molar-refractivity contribution is -0.113. The lowest BCUT2D eigenvalue weighted by Gasteiger charge is -2.09. The molecule has 0 aliphatic rings. The Labute approximate surface area is 160 Å². The van der Waals surface area contributed by atoms with Crippen LogP contribution in [0.3, 0.4) is 0 Å². The molecule has 0 bridgehead atoms. The molecule has 1 heterocycles. The summed E-state index contributed by atoms with van der Waals surface area (Å²) in [6.45, 7) is 4.28. The number of benzene rings is 2. The highest BCUT2D eigenvalue weighted by Gasteiger charge is 2.11. The number of aryl methyl sites for hydroxylation is 1. The molecule has 140 valence electrons. The van der Waals surface area contributed by atoms with Crippen molar-refractivity contribution >= 4 is 29.0 Å². The number of thioether (sulfide) groups is 1. The minimum atomic E-state index is -0.295. The van der Waals surface area contributed by atoms with Crippen LogP contribution in [-0.4, -0.2) is 21.9 Å². The van der Waals surface area contributed by atoms with Gasteiger partial charge in [-0.1, -0.05) is 23.9 Å². The first kappa shape index (κ1) is 18.9. The summed E-state index contributed by atoms with van der Waals surface area (Å²) in [5.74, 6) is 0.117. The van der Waals surface area contributed by atoms with Crippen LogP contribution in [0.5, 0.6) is 0 Å². The number of anilines is 2. The average molecular weight is 386 g/mol. The van der Waals surface area contributed by atoms with Gasteiger partial charge in [0, 0.05) is 11.4 Å². The summed E-state index contributed by atoms with van der Waals surface area (Å²) in [5, 5.41) is 14.1. The van der Waals surface area contributed by atoms with Gasteiger partial charge in [0.1, 0.15) is 5.82 Å². The number of carbonyl (C=O) groups excluding carboxylic acids is 1. The van der Waals surface area contributed by atoms with Crippen LogP contribution in [-0.2, 0) is 11.3 Å². The highest BCUT2D eigenvalue weighted by atomic mass is 32.2. The van der Waals surface area contributed by atoms with E-state index in [-0.39, 0.29) is 17.5 Å². The maximum atomic E-state index is 12.9. The summed E-state index contributed by atoms with van der Waals surface area (Å²) in [4.78, 5) is 12.1. The van der Waals surface area contributed by atoms with Gasteiger partial charge in [-0.3, -0.25) is 4.79 Å².